The molecule has 1 aliphatic heterocycles. The van der Waals surface area contributed by atoms with Gasteiger partial charge in [-0.05, 0) is 61.7 Å². The summed E-state index contributed by atoms with van der Waals surface area (Å²) >= 11 is 0. The predicted molar refractivity (Wildman–Crippen MR) is 119 cm³/mol. The fourth-order valence-corrected chi connectivity index (χ4v) is 3.86. The Balaban J connectivity index is 1.46. The van der Waals surface area contributed by atoms with E-state index in [2.05, 4.69) is 15.5 Å². The quantitative estimate of drug-likeness (QED) is 0.472. The summed E-state index contributed by atoms with van der Waals surface area (Å²) in [6, 6.07) is 14.4. The summed E-state index contributed by atoms with van der Waals surface area (Å²) in [6.07, 6.45) is 1.47. The van der Waals surface area contributed by atoms with Crippen molar-refractivity contribution in [2.75, 3.05) is 23.3 Å². The summed E-state index contributed by atoms with van der Waals surface area (Å²) in [6.45, 7) is 2.91. The summed E-state index contributed by atoms with van der Waals surface area (Å²) in [5.74, 6) is -0.244. The summed E-state index contributed by atoms with van der Waals surface area (Å²) in [5, 5.41) is 22.6. The number of para-hydroxylation sites is 1. The molecule has 0 bridgehead atoms. The predicted octanol–water partition coefficient (Wildman–Crippen LogP) is 4.35. The third-order valence-electron chi connectivity index (χ3n) is 5.60. The Bertz CT molecular complexity index is 1140. The number of nitro groups is 1. The van der Waals surface area contributed by atoms with Crippen molar-refractivity contribution in [1.82, 2.24) is 10.2 Å². The summed E-state index contributed by atoms with van der Waals surface area (Å²) in [5.41, 5.74) is 2.16. The number of hydrogen-bond acceptors (Lipinski definition) is 6. The van der Waals surface area contributed by atoms with Gasteiger partial charge >= 0.3 is 0 Å². The lowest BCUT2D eigenvalue weighted by Gasteiger charge is -2.32. The molecule has 1 aliphatic rings. The van der Waals surface area contributed by atoms with Gasteiger partial charge in [0.25, 0.3) is 5.69 Å². The summed E-state index contributed by atoms with van der Waals surface area (Å²) in [4.78, 5) is 25.7. The van der Waals surface area contributed by atoms with Gasteiger partial charge in [-0.1, -0.05) is 12.1 Å². The third-order valence-corrected chi connectivity index (χ3v) is 5.60. The van der Waals surface area contributed by atoms with Gasteiger partial charge in [0.15, 0.2) is 5.82 Å². The second kappa shape index (κ2) is 9.09. The molecule has 1 saturated heterocycles. The van der Waals surface area contributed by atoms with E-state index in [1.807, 2.05) is 17.0 Å². The highest BCUT2D eigenvalue weighted by Gasteiger charge is 2.28. The monoisotopic (exact) mass is 435 g/mol. The van der Waals surface area contributed by atoms with Gasteiger partial charge in [-0.2, -0.15) is 0 Å². The van der Waals surface area contributed by atoms with Gasteiger partial charge in [-0.15, -0.1) is 10.2 Å². The number of amides is 1. The topological polar surface area (TPSA) is 101 Å². The second-order valence-electron chi connectivity index (χ2n) is 7.78. The average Bonchev–Trinajstić information content (AvgIpc) is 2.81. The van der Waals surface area contributed by atoms with Crippen LogP contribution in [0.5, 0.6) is 0 Å². The second-order valence-corrected chi connectivity index (χ2v) is 7.78. The smallest absolute Gasteiger partial charge is 0.293 e. The molecular formula is C23H22FN5O3. The molecule has 9 heteroatoms. The van der Waals surface area contributed by atoms with Crippen molar-refractivity contribution in [2.24, 2.45) is 5.92 Å². The number of anilines is 2. The van der Waals surface area contributed by atoms with Crippen molar-refractivity contribution < 1.29 is 14.1 Å². The Morgan fingerprint density at radius 1 is 1.16 bits per heavy atom. The molecule has 2 heterocycles. The molecule has 0 radical (unpaired) electrons. The number of carbonyl (C=O) groups excluding carboxylic acids is 1. The molecule has 1 aromatic heterocycles. The lowest BCUT2D eigenvalue weighted by molar-refractivity contribution is -0.384. The van der Waals surface area contributed by atoms with Gasteiger partial charge in [0.1, 0.15) is 11.5 Å². The van der Waals surface area contributed by atoms with E-state index in [0.29, 0.717) is 30.0 Å². The first-order valence-electron chi connectivity index (χ1n) is 10.3. The SMILES string of the molecule is Cc1cccc([N+](=O)[O-])c1NC(=O)C1CCCN(c2ccc(-c3ccc(F)cc3)nn2)C1. The number of nitro benzene ring substituents is 1. The Morgan fingerprint density at radius 3 is 2.62 bits per heavy atom. The van der Waals surface area contributed by atoms with Gasteiger partial charge in [-0.3, -0.25) is 14.9 Å². The van der Waals surface area contributed by atoms with Crippen LogP contribution < -0.4 is 10.2 Å². The van der Waals surface area contributed by atoms with Crippen LogP contribution in [0.2, 0.25) is 0 Å². The molecule has 3 aromatic rings. The maximum absolute atomic E-state index is 13.1. The van der Waals surface area contributed by atoms with E-state index in [1.54, 1.807) is 31.2 Å². The van der Waals surface area contributed by atoms with Crippen molar-refractivity contribution in [3.05, 3.63) is 76.1 Å². The maximum atomic E-state index is 13.1. The van der Waals surface area contributed by atoms with E-state index in [9.17, 15) is 19.3 Å². The summed E-state index contributed by atoms with van der Waals surface area (Å²) < 4.78 is 13.1. The molecule has 1 fully saturated rings. The lowest BCUT2D eigenvalue weighted by atomic mass is 9.96. The van der Waals surface area contributed by atoms with Gasteiger partial charge in [0, 0.05) is 24.7 Å². The molecule has 164 valence electrons. The van der Waals surface area contributed by atoms with E-state index < -0.39 is 4.92 Å². The van der Waals surface area contributed by atoms with E-state index in [4.69, 9.17) is 0 Å². The number of rotatable bonds is 5. The number of nitrogens with zero attached hydrogens (tertiary/aromatic N) is 4. The summed E-state index contributed by atoms with van der Waals surface area (Å²) in [7, 11) is 0. The van der Waals surface area contributed by atoms with Crippen LogP contribution in [0.25, 0.3) is 11.3 Å². The normalized spacial score (nSPS) is 15.9. The van der Waals surface area contributed by atoms with Crippen molar-refractivity contribution in [3.8, 4) is 11.3 Å². The Hall–Kier alpha value is -3.88. The van der Waals surface area contributed by atoms with Crippen molar-refractivity contribution >= 4 is 23.1 Å². The maximum Gasteiger partial charge on any atom is 0.293 e. The van der Waals surface area contributed by atoms with Crippen LogP contribution in [0.15, 0.2) is 54.6 Å². The van der Waals surface area contributed by atoms with E-state index >= 15 is 0 Å². The number of carbonyl (C=O) groups is 1. The standard InChI is InChI=1S/C23H22FN5O3/c1-15-4-2-6-20(29(31)32)22(15)25-23(30)17-5-3-13-28(14-17)21-12-11-19(26-27-21)16-7-9-18(24)10-8-16/h2,4,6-12,17H,3,5,13-14H2,1H3,(H,25,30). The van der Waals surface area contributed by atoms with Crippen molar-refractivity contribution in [2.45, 2.75) is 19.8 Å². The van der Waals surface area contributed by atoms with E-state index in [0.717, 1.165) is 18.5 Å². The Morgan fingerprint density at radius 2 is 1.94 bits per heavy atom. The zero-order valence-electron chi connectivity index (χ0n) is 17.5. The third kappa shape index (κ3) is 4.56. The van der Waals surface area contributed by atoms with E-state index in [1.165, 1.54) is 18.2 Å². The molecule has 0 spiro atoms. The number of halogens is 1. The molecule has 1 atom stereocenters. The molecule has 0 saturated carbocycles. The van der Waals surface area contributed by atoms with Crippen LogP contribution in [0.4, 0.5) is 21.6 Å². The highest BCUT2D eigenvalue weighted by atomic mass is 19.1. The molecule has 2 aromatic carbocycles. The first-order chi connectivity index (χ1) is 15.4. The molecular weight excluding hydrogens is 413 g/mol. The minimum absolute atomic E-state index is 0.117. The average molecular weight is 435 g/mol. The largest absolute Gasteiger partial charge is 0.354 e. The number of nitrogens with one attached hydrogen (secondary N) is 1. The Labute approximate surface area is 184 Å². The van der Waals surface area contributed by atoms with Gasteiger partial charge < -0.3 is 10.2 Å². The minimum Gasteiger partial charge on any atom is -0.354 e. The zero-order valence-corrected chi connectivity index (χ0v) is 17.5. The van der Waals surface area contributed by atoms with Crippen LogP contribution in [0.1, 0.15) is 18.4 Å². The highest BCUT2D eigenvalue weighted by molar-refractivity contribution is 5.96. The minimum atomic E-state index is -0.492. The molecule has 4 rings (SSSR count). The first-order valence-corrected chi connectivity index (χ1v) is 10.3. The fraction of sp³-hybridized carbons (Fsp3) is 0.261. The molecule has 1 N–H and O–H groups in total. The number of piperidine rings is 1. The number of benzene rings is 2. The molecule has 8 nitrogen and oxygen atoms in total. The van der Waals surface area contributed by atoms with Crippen LogP contribution in [-0.2, 0) is 4.79 Å². The molecule has 1 unspecified atom stereocenters. The number of aryl methyl sites for hydroxylation is 1. The highest BCUT2D eigenvalue weighted by Crippen LogP contribution is 2.30. The van der Waals surface area contributed by atoms with Gasteiger partial charge in [-0.25, -0.2) is 4.39 Å². The van der Waals surface area contributed by atoms with Crippen molar-refractivity contribution in [3.63, 3.8) is 0 Å². The van der Waals surface area contributed by atoms with Crippen LogP contribution in [-0.4, -0.2) is 34.1 Å². The molecule has 0 aliphatic carbocycles. The van der Waals surface area contributed by atoms with E-state index in [-0.39, 0.29) is 29.0 Å². The zero-order chi connectivity index (χ0) is 22.7. The first kappa shape index (κ1) is 21.4. The van der Waals surface area contributed by atoms with Crippen LogP contribution in [0, 0.1) is 28.8 Å². The number of hydrogen-bond donors (Lipinski definition) is 1. The van der Waals surface area contributed by atoms with Crippen LogP contribution >= 0.6 is 0 Å². The Kier molecular flexibility index (Phi) is 6.07. The lowest BCUT2D eigenvalue weighted by Crippen LogP contribution is -2.41. The fourth-order valence-electron chi connectivity index (χ4n) is 3.86. The number of aromatic nitrogens is 2. The molecule has 1 amide bonds. The van der Waals surface area contributed by atoms with Gasteiger partial charge in [0.2, 0.25) is 5.91 Å². The van der Waals surface area contributed by atoms with Crippen LogP contribution in [0.3, 0.4) is 0 Å². The van der Waals surface area contributed by atoms with Gasteiger partial charge in [0.05, 0.1) is 16.5 Å². The molecule has 32 heavy (non-hydrogen) atoms. The van der Waals surface area contributed by atoms with Crippen molar-refractivity contribution in [1.29, 1.82) is 0 Å².